The van der Waals surface area contributed by atoms with E-state index >= 15 is 0 Å². The van der Waals surface area contributed by atoms with Crippen LogP contribution in [-0.4, -0.2) is 0 Å². The fourth-order valence-corrected chi connectivity index (χ4v) is 2.27. The molecule has 1 rings (SSSR count). The Morgan fingerprint density at radius 3 is 2.55 bits per heavy atom. The summed E-state index contributed by atoms with van der Waals surface area (Å²) in [5.74, 6) is 2.12. The van der Waals surface area contributed by atoms with Gasteiger partial charge in [0.2, 0.25) is 0 Å². The van der Waals surface area contributed by atoms with Gasteiger partial charge in [-0.15, -0.1) is 0 Å². The van der Waals surface area contributed by atoms with Gasteiger partial charge in [-0.05, 0) is 18.3 Å². The summed E-state index contributed by atoms with van der Waals surface area (Å²) in [5.41, 5.74) is 0. The molecule has 0 bridgehead atoms. The standard InChI is InChI=1S/C11H22/c1-3-4-5-6-11-8-7-10(2)9-11/h10-11H,3-9H2,1-2H3/t10-,11+/m0/s1. The molecule has 0 aromatic heterocycles. The lowest BCUT2D eigenvalue weighted by molar-refractivity contribution is 0.454. The van der Waals surface area contributed by atoms with E-state index in [1.165, 1.54) is 44.9 Å². The van der Waals surface area contributed by atoms with Gasteiger partial charge in [-0.3, -0.25) is 0 Å². The van der Waals surface area contributed by atoms with Gasteiger partial charge in [-0.1, -0.05) is 52.4 Å². The van der Waals surface area contributed by atoms with Gasteiger partial charge >= 0.3 is 0 Å². The molecule has 66 valence electrons. The first-order chi connectivity index (χ1) is 5.33. The SMILES string of the molecule is CCCCC[C@@H]1CC[C@H](C)C1. The third-order valence-electron chi connectivity index (χ3n) is 3.02. The Morgan fingerprint density at radius 1 is 1.18 bits per heavy atom. The second-order valence-electron chi connectivity index (χ2n) is 4.28. The van der Waals surface area contributed by atoms with Crippen LogP contribution in [0.25, 0.3) is 0 Å². The monoisotopic (exact) mass is 154 g/mol. The molecule has 0 aromatic carbocycles. The highest BCUT2D eigenvalue weighted by molar-refractivity contribution is 4.72. The molecule has 0 unspecified atom stereocenters. The highest BCUT2D eigenvalue weighted by atomic mass is 14.3. The molecule has 1 saturated carbocycles. The van der Waals surface area contributed by atoms with Crippen molar-refractivity contribution in [1.29, 1.82) is 0 Å². The fraction of sp³-hybridized carbons (Fsp3) is 1.00. The predicted octanol–water partition coefficient (Wildman–Crippen LogP) is 4.00. The quantitative estimate of drug-likeness (QED) is 0.537. The van der Waals surface area contributed by atoms with Crippen LogP contribution in [0, 0.1) is 11.8 Å². The van der Waals surface area contributed by atoms with Gasteiger partial charge < -0.3 is 0 Å². The maximum Gasteiger partial charge on any atom is -0.0412 e. The predicted molar refractivity (Wildman–Crippen MR) is 50.6 cm³/mol. The van der Waals surface area contributed by atoms with Crippen LogP contribution in [0.2, 0.25) is 0 Å². The third kappa shape index (κ3) is 3.27. The molecule has 0 heteroatoms. The molecular formula is C11H22. The molecule has 1 aliphatic rings. The second-order valence-corrected chi connectivity index (χ2v) is 4.28. The van der Waals surface area contributed by atoms with E-state index in [2.05, 4.69) is 13.8 Å². The van der Waals surface area contributed by atoms with Gasteiger partial charge in [0, 0.05) is 0 Å². The summed E-state index contributed by atoms with van der Waals surface area (Å²) in [7, 11) is 0. The summed E-state index contributed by atoms with van der Waals surface area (Å²) in [4.78, 5) is 0. The lowest BCUT2D eigenvalue weighted by Crippen LogP contribution is -1.93. The average molecular weight is 154 g/mol. The van der Waals surface area contributed by atoms with Crippen molar-refractivity contribution in [2.75, 3.05) is 0 Å². The van der Waals surface area contributed by atoms with Crippen LogP contribution >= 0.6 is 0 Å². The van der Waals surface area contributed by atoms with Crippen LogP contribution in [0.3, 0.4) is 0 Å². The van der Waals surface area contributed by atoms with Crippen LogP contribution in [0.15, 0.2) is 0 Å². The maximum absolute atomic E-state index is 2.40. The molecule has 1 aliphatic carbocycles. The van der Waals surface area contributed by atoms with E-state index in [0.29, 0.717) is 0 Å². The number of unbranched alkanes of at least 4 members (excludes halogenated alkanes) is 2. The Labute approximate surface area is 71.4 Å². The van der Waals surface area contributed by atoms with Gasteiger partial charge in [0.1, 0.15) is 0 Å². The van der Waals surface area contributed by atoms with Gasteiger partial charge in [-0.25, -0.2) is 0 Å². The van der Waals surface area contributed by atoms with Crippen molar-refractivity contribution in [3.05, 3.63) is 0 Å². The van der Waals surface area contributed by atoms with Crippen LogP contribution in [0.1, 0.15) is 58.8 Å². The third-order valence-corrected chi connectivity index (χ3v) is 3.02. The largest absolute Gasteiger partial charge is 0.0654 e. The minimum absolute atomic E-state index is 1.03. The van der Waals surface area contributed by atoms with Gasteiger partial charge in [0.05, 0.1) is 0 Å². The topological polar surface area (TPSA) is 0 Å². The lowest BCUT2D eigenvalue weighted by Gasteiger charge is -2.07. The molecular weight excluding hydrogens is 132 g/mol. The Morgan fingerprint density at radius 2 is 2.00 bits per heavy atom. The second kappa shape index (κ2) is 4.79. The molecule has 0 N–H and O–H groups in total. The van der Waals surface area contributed by atoms with Crippen LogP contribution in [0.5, 0.6) is 0 Å². The zero-order valence-corrected chi connectivity index (χ0v) is 8.10. The molecule has 0 saturated heterocycles. The van der Waals surface area contributed by atoms with Crippen molar-refractivity contribution < 1.29 is 0 Å². The van der Waals surface area contributed by atoms with Crippen LogP contribution in [-0.2, 0) is 0 Å². The highest BCUT2D eigenvalue weighted by Gasteiger charge is 2.20. The summed E-state index contributed by atoms with van der Waals surface area (Å²) in [6.45, 7) is 4.69. The molecule has 0 nitrogen and oxygen atoms in total. The first-order valence-corrected chi connectivity index (χ1v) is 5.33. The molecule has 0 aliphatic heterocycles. The van der Waals surface area contributed by atoms with Gasteiger partial charge in [0.15, 0.2) is 0 Å². The van der Waals surface area contributed by atoms with Crippen molar-refractivity contribution >= 4 is 0 Å². The summed E-state index contributed by atoms with van der Waals surface area (Å²) in [5, 5.41) is 0. The van der Waals surface area contributed by atoms with Crippen molar-refractivity contribution in [1.82, 2.24) is 0 Å². The molecule has 0 aromatic rings. The summed E-state index contributed by atoms with van der Waals surface area (Å²) in [6, 6.07) is 0. The molecule has 2 atom stereocenters. The highest BCUT2D eigenvalue weighted by Crippen LogP contribution is 2.33. The summed E-state index contributed by atoms with van der Waals surface area (Å²) < 4.78 is 0. The number of rotatable bonds is 4. The summed E-state index contributed by atoms with van der Waals surface area (Å²) in [6.07, 6.45) is 10.4. The van der Waals surface area contributed by atoms with E-state index in [9.17, 15) is 0 Å². The molecule has 0 spiro atoms. The Balaban J connectivity index is 1.99. The normalized spacial score (nSPS) is 31.1. The average Bonchev–Trinajstić information content (AvgIpc) is 2.37. The molecule has 0 radical (unpaired) electrons. The van der Waals surface area contributed by atoms with E-state index < -0.39 is 0 Å². The van der Waals surface area contributed by atoms with Gasteiger partial charge in [0.25, 0.3) is 0 Å². The number of hydrogen-bond donors (Lipinski definition) is 0. The van der Waals surface area contributed by atoms with Crippen molar-refractivity contribution in [2.24, 2.45) is 11.8 Å². The minimum atomic E-state index is 1.03. The minimum Gasteiger partial charge on any atom is -0.0654 e. The van der Waals surface area contributed by atoms with E-state index in [-0.39, 0.29) is 0 Å². The van der Waals surface area contributed by atoms with Crippen molar-refractivity contribution in [3.8, 4) is 0 Å². The van der Waals surface area contributed by atoms with Gasteiger partial charge in [-0.2, -0.15) is 0 Å². The smallest absolute Gasteiger partial charge is 0.0412 e. The molecule has 0 amide bonds. The first kappa shape index (κ1) is 9.09. The van der Waals surface area contributed by atoms with E-state index in [1.807, 2.05) is 0 Å². The molecule has 1 fully saturated rings. The zero-order chi connectivity index (χ0) is 8.10. The molecule has 0 heterocycles. The van der Waals surface area contributed by atoms with Crippen molar-refractivity contribution in [3.63, 3.8) is 0 Å². The Kier molecular flexibility index (Phi) is 3.96. The lowest BCUT2D eigenvalue weighted by atomic mass is 9.99. The van der Waals surface area contributed by atoms with Crippen LogP contribution in [0.4, 0.5) is 0 Å². The zero-order valence-electron chi connectivity index (χ0n) is 8.10. The summed E-state index contributed by atoms with van der Waals surface area (Å²) >= 11 is 0. The Hall–Kier alpha value is 0. The van der Waals surface area contributed by atoms with E-state index in [4.69, 9.17) is 0 Å². The first-order valence-electron chi connectivity index (χ1n) is 5.33. The van der Waals surface area contributed by atoms with Crippen molar-refractivity contribution in [2.45, 2.75) is 58.8 Å². The van der Waals surface area contributed by atoms with E-state index in [1.54, 1.807) is 0 Å². The Bertz CT molecular complexity index is 96.2. The fourth-order valence-electron chi connectivity index (χ4n) is 2.27. The number of hydrogen-bond acceptors (Lipinski definition) is 0. The molecule has 11 heavy (non-hydrogen) atoms. The van der Waals surface area contributed by atoms with Crippen LogP contribution < -0.4 is 0 Å². The maximum atomic E-state index is 2.40. The van der Waals surface area contributed by atoms with E-state index in [0.717, 1.165) is 11.8 Å².